The predicted octanol–water partition coefficient (Wildman–Crippen LogP) is 3.98. The highest BCUT2D eigenvalue weighted by molar-refractivity contribution is 5.89. The lowest BCUT2D eigenvalue weighted by atomic mass is 10.1. The molecule has 2 aliphatic heterocycles. The van der Waals surface area contributed by atoms with Crippen LogP contribution in [0.2, 0.25) is 0 Å². The van der Waals surface area contributed by atoms with E-state index in [0.717, 1.165) is 66.1 Å². The second-order valence-electron chi connectivity index (χ2n) is 8.00. The van der Waals surface area contributed by atoms with Gasteiger partial charge in [0.05, 0.1) is 25.5 Å². The van der Waals surface area contributed by atoms with Gasteiger partial charge in [0.15, 0.2) is 0 Å². The van der Waals surface area contributed by atoms with E-state index in [1.807, 2.05) is 41.5 Å². The Bertz CT molecular complexity index is 1120. The molecule has 166 valence electrons. The minimum Gasteiger partial charge on any atom is -0.492 e. The third-order valence-electron chi connectivity index (χ3n) is 5.90. The van der Waals surface area contributed by atoms with Crippen LogP contribution in [-0.4, -0.2) is 41.1 Å². The number of benzene rings is 1. The van der Waals surface area contributed by atoms with Crippen LogP contribution >= 0.6 is 0 Å². The van der Waals surface area contributed by atoms with Crippen LogP contribution < -0.4 is 10.1 Å². The van der Waals surface area contributed by atoms with Crippen LogP contribution in [0.1, 0.15) is 47.0 Å². The lowest BCUT2D eigenvalue weighted by Crippen LogP contribution is -2.18. The van der Waals surface area contributed by atoms with Gasteiger partial charge in [-0.15, -0.1) is 0 Å². The average Bonchev–Trinajstić information content (AvgIpc) is 3.53. The Balaban J connectivity index is 1.35. The number of aromatic nitrogens is 3. The lowest BCUT2D eigenvalue weighted by molar-refractivity contribution is -0.0394. The lowest BCUT2D eigenvalue weighted by Gasteiger charge is -2.22. The van der Waals surface area contributed by atoms with E-state index >= 15 is 0 Å². The van der Waals surface area contributed by atoms with Gasteiger partial charge in [-0.2, -0.15) is 5.10 Å². The van der Waals surface area contributed by atoms with Crippen molar-refractivity contribution in [3.05, 3.63) is 59.5 Å². The number of hydrogen-bond acceptors (Lipinski definition) is 7. The topological polar surface area (TPSA) is 87.5 Å². The molecule has 1 atom stereocenters. The minimum absolute atomic E-state index is 0.00104. The van der Waals surface area contributed by atoms with E-state index in [1.165, 1.54) is 7.11 Å². The van der Waals surface area contributed by atoms with Crippen molar-refractivity contribution < 1.29 is 19.0 Å². The third kappa shape index (κ3) is 4.05. The number of anilines is 1. The van der Waals surface area contributed by atoms with Crippen molar-refractivity contribution in [1.82, 2.24) is 14.8 Å². The van der Waals surface area contributed by atoms with Gasteiger partial charge < -0.3 is 19.5 Å². The number of nitrogens with zero attached hydrogens (tertiary/aromatic N) is 3. The molecule has 8 nitrogen and oxygen atoms in total. The highest BCUT2D eigenvalue weighted by atomic mass is 16.5. The standard InChI is InChI=1S/C24H26N4O4/c1-30-24(29)17-6-4-5-16(11-17)12-25-23-19-8-10-32-22(19)20(14-26-23)18-13-27-28(15-18)21-7-2-3-9-31-21/h4-6,11,13-15,21H,2-3,7-10,12H2,1H3,(H,25,26). The fourth-order valence-electron chi connectivity index (χ4n) is 4.22. The van der Waals surface area contributed by atoms with E-state index in [1.54, 1.807) is 6.07 Å². The first-order valence-corrected chi connectivity index (χ1v) is 10.9. The fourth-order valence-corrected chi connectivity index (χ4v) is 4.22. The van der Waals surface area contributed by atoms with E-state index in [9.17, 15) is 4.79 Å². The molecule has 2 aliphatic rings. The number of carbonyl (C=O) groups excluding carboxylic acids is 1. The number of ether oxygens (including phenoxy) is 3. The summed E-state index contributed by atoms with van der Waals surface area (Å²) in [6.45, 7) is 1.95. The molecule has 1 aromatic carbocycles. The average molecular weight is 434 g/mol. The zero-order valence-corrected chi connectivity index (χ0v) is 18.0. The highest BCUT2D eigenvalue weighted by Crippen LogP contribution is 2.40. The smallest absolute Gasteiger partial charge is 0.337 e. The van der Waals surface area contributed by atoms with Gasteiger partial charge in [-0.05, 0) is 37.0 Å². The van der Waals surface area contributed by atoms with Gasteiger partial charge in [0.25, 0.3) is 0 Å². The van der Waals surface area contributed by atoms with Gasteiger partial charge in [-0.25, -0.2) is 14.5 Å². The van der Waals surface area contributed by atoms with E-state index in [-0.39, 0.29) is 12.2 Å². The molecule has 0 radical (unpaired) electrons. The Hall–Kier alpha value is -3.39. The number of pyridine rings is 1. The Morgan fingerprint density at radius 3 is 3.06 bits per heavy atom. The molecule has 1 unspecified atom stereocenters. The summed E-state index contributed by atoms with van der Waals surface area (Å²) in [5.74, 6) is 1.31. The van der Waals surface area contributed by atoms with E-state index < -0.39 is 0 Å². The number of methoxy groups -OCH3 is 1. The normalized spacial score (nSPS) is 17.5. The predicted molar refractivity (Wildman–Crippen MR) is 119 cm³/mol. The SMILES string of the molecule is COC(=O)c1cccc(CNc2ncc(-c3cnn(C4CCCCO4)c3)c3c2CCO3)c1. The molecule has 1 saturated heterocycles. The van der Waals surface area contributed by atoms with E-state index in [2.05, 4.69) is 15.4 Å². The van der Waals surface area contributed by atoms with Gasteiger partial charge in [-0.1, -0.05) is 12.1 Å². The highest BCUT2D eigenvalue weighted by Gasteiger charge is 2.24. The largest absolute Gasteiger partial charge is 0.492 e. The zero-order chi connectivity index (χ0) is 21.9. The first-order chi connectivity index (χ1) is 15.7. The number of hydrogen-bond donors (Lipinski definition) is 1. The second-order valence-corrected chi connectivity index (χ2v) is 8.00. The van der Waals surface area contributed by atoms with Crippen LogP contribution in [0, 0.1) is 0 Å². The molecule has 1 fully saturated rings. The number of esters is 1. The molecule has 8 heteroatoms. The second kappa shape index (κ2) is 9.00. The minimum atomic E-state index is -0.345. The maximum atomic E-state index is 11.8. The van der Waals surface area contributed by atoms with Crippen molar-refractivity contribution in [3.63, 3.8) is 0 Å². The van der Waals surface area contributed by atoms with Gasteiger partial charge in [0, 0.05) is 48.7 Å². The van der Waals surface area contributed by atoms with Gasteiger partial charge in [-0.3, -0.25) is 0 Å². The molecule has 0 amide bonds. The molecular formula is C24H26N4O4. The van der Waals surface area contributed by atoms with Gasteiger partial charge in [0.1, 0.15) is 17.8 Å². The van der Waals surface area contributed by atoms with E-state index in [0.29, 0.717) is 18.7 Å². The Labute approximate surface area is 186 Å². The maximum absolute atomic E-state index is 11.8. The molecule has 0 spiro atoms. The summed E-state index contributed by atoms with van der Waals surface area (Å²) in [4.78, 5) is 16.5. The van der Waals surface area contributed by atoms with Crippen molar-refractivity contribution in [2.45, 2.75) is 38.5 Å². The molecule has 0 aliphatic carbocycles. The summed E-state index contributed by atoms with van der Waals surface area (Å²) in [5, 5.41) is 7.92. The molecule has 0 saturated carbocycles. The molecule has 32 heavy (non-hydrogen) atoms. The molecule has 4 heterocycles. The molecule has 2 aromatic heterocycles. The van der Waals surface area contributed by atoms with Crippen molar-refractivity contribution >= 4 is 11.8 Å². The van der Waals surface area contributed by atoms with Crippen LogP contribution in [-0.2, 0) is 22.4 Å². The third-order valence-corrected chi connectivity index (χ3v) is 5.90. The molecule has 5 rings (SSSR count). The fraction of sp³-hybridized carbons (Fsp3) is 0.375. The molecular weight excluding hydrogens is 408 g/mol. The number of nitrogens with one attached hydrogen (secondary N) is 1. The Morgan fingerprint density at radius 1 is 1.28 bits per heavy atom. The summed E-state index contributed by atoms with van der Waals surface area (Å²) in [5.41, 5.74) is 4.48. The summed E-state index contributed by atoms with van der Waals surface area (Å²) >= 11 is 0. The Kier molecular flexibility index (Phi) is 5.77. The quantitative estimate of drug-likeness (QED) is 0.587. The van der Waals surface area contributed by atoms with Crippen LogP contribution in [0.25, 0.3) is 11.1 Å². The number of rotatable bonds is 6. The molecule has 3 aromatic rings. The summed E-state index contributed by atoms with van der Waals surface area (Å²) < 4.78 is 18.5. The van der Waals surface area contributed by atoms with E-state index in [4.69, 9.17) is 14.2 Å². The van der Waals surface area contributed by atoms with Crippen LogP contribution in [0.5, 0.6) is 5.75 Å². The summed E-state index contributed by atoms with van der Waals surface area (Å²) in [7, 11) is 1.38. The first kappa shape index (κ1) is 20.5. The molecule has 1 N–H and O–H groups in total. The van der Waals surface area contributed by atoms with Crippen LogP contribution in [0.15, 0.2) is 42.9 Å². The summed E-state index contributed by atoms with van der Waals surface area (Å²) in [6.07, 6.45) is 9.74. The first-order valence-electron chi connectivity index (χ1n) is 10.9. The van der Waals surface area contributed by atoms with Crippen molar-refractivity contribution in [2.24, 2.45) is 0 Å². The number of carbonyl (C=O) groups is 1. The van der Waals surface area contributed by atoms with Crippen molar-refractivity contribution in [1.29, 1.82) is 0 Å². The maximum Gasteiger partial charge on any atom is 0.337 e. The van der Waals surface area contributed by atoms with Crippen molar-refractivity contribution in [2.75, 3.05) is 25.6 Å². The monoisotopic (exact) mass is 434 g/mol. The Morgan fingerprint density at radius 2 is 2.22 bits per heavy atom. The van der Waals surface area contributed by atoms with Crippen molar-refractivity contribution in [3.8, 4) is 16.9 Å². The van der Waals surface area contributed by atoms with Gasteiger partial charge >= 0.3 is 5.97 Å². The van der Waals surface area contributed by atoms with Crippen LogP contribution in [0.3, 0.4) is 0 Å². The van der Waals surface area contributed by atoms with Crippen LogP contribution in [0.4, 0.5) is 5.82 Å². The summed E-state index contributed by atoms with van der Waals surface area (Å²) in [6, 6.07) is 7.38. The zero-order valence-electron chi connectivity index (χ0n) is 18.0. The molecule has 0 bridgehead atoms. The van der Waals surface area contributed by atoms with Gasteiger partial charge in [0.2, 0.25) is 0 Å². The number of fused-ring (bicyclic) bond motifs is 1.